The second-order valence-corrected chi connectivity index (χ2v) is 4.73. The number of halogens is 2. The zero-order valence-electron chi connectivity index (χ0n) is 9.26. The number of hydrogen-bond acceptors (Lipinski definition) is 1. The summed E-state index contributed by atoms with van der Waals surface area (Å²) in [6, 6.07) is 3.69. The second kappa shape index (κ2) is 4.91. The molecule has 0 aliphatic heterocycles. The maximum atomic E-state index is 13.3. The van der Waals surface area contributed by atoms with Crippen molar-refractivity contribution in [2.45, 2.75) is 38.1 Å². The first-order valence-corrected chi connectivity index (χ1v) is 5.84. The van der Waals surface area contributed by atoms with Crippen molar-refractivity contribution in [1.29, 1.82) is 0 Å². The van der Waals surface area contributed by atoms with Crippen LogP contribution in [0.1, 0.15) is 31.2 Å². The lowest BCUT2D eigenvalue weighted by molar-refractivity contribution is 0.275. The van der Waals surface area contributed by atoms with E-state index in [0.717, 1.165) is 18.4 Å². The maximum Gasteiger partial charge on any atom is 0.129 e. The van der Waals surface area contributed by atoms with Crippen LogP contribution in [0.15, 0.2) is 18.2 Å². The van der Waals surface area contributed by atoms with Crippen LogP contribution in [-0.2, 0) is 6.42 Å². The molecule has 1 fully saturated rings. The van der Waals surface area contributed by atoms with Crippen molar-refractivity contribution < 1.29 is 8.78 Å². The Bertz CT molecular complexity index is 361. The van der Waals surface area contributed by atoms with Gasteiger partial charge in [0.2, 0.25) is 0 Å². The Balaban J connectivity index is 1.91. The second-order valence-electron chi connectivity index (χ2n) is 4.73. The summed E-state index contributed by atoms with van der Waals surface area (Å²) >= 11 is 0. The molecule has 1 saturated carbocycles. The highest BCUT2D eigenvalue weighted by Crippen LogP contribution is 2.30. The van der Waals surface area contributed by atoms with Crippen LogP contribution in [0.3, 0.4) is 0 Å². The lowest BCUT2D eigenvalue weighted by atomic mass is 9.80. The van der Waals surface area contributed by atoms with Crippen LogP contribution >= 0.6 is 0 Å². The molecule has 16 heavy (non-hydrogen) atoms. The Kier molecular flexibility index (Phi) is 3.54. The molecule has 0 spiro atoms. The molecule has 1 aliphatic carbocycles. The van der Waals surface area contributed by atoms with Gasteiger partial charge in [-0.25, -0.2) is 8.78 Å². The first-order chi connectivity index (χ1) is 7.65. The molecule has 1 atom stereocenters. The topological polar surface area (TPSA) is 26.0 Å². The van der Waals surface area contributed by atoms with Crippen LogP contribution in [0.4, 0.5) is 8.78 Å². The minimum Gasteiger partial charge on any atom is -0.327 e. The van der Waals surface area contributed by atoms with Gasteiger partial charge in [0, 0.05) is 12.1 Å². The molecular formula is C13H17F2N. The van der Waals surface area contributed by atoms with Crippen LogP contribution in [0, 0.1) is 17.6 Å². The number of benzene rings is 1. The van der Waals surface area contributed by atoms with Gasteiger partial charge in [-0.2, -0.15) is 0 Å². The first kappa shape index (κ1) is 11.5. The predicted molar refractivity (Wildman–Crippen MR) is 60.0 cm³/mol. The minimum atomic E-state index is -0.534. The van der Waals surface area contributed by atoms with Crippen molar-refractivity contribution in [2.24, 2.45) is 11.7 Å². The van der Waals surface area contributed by atoms with Crippen molar-refractivity contribution in [3.63, 3.8) is 0 Å². The van der Waals surface area contributed by atoms with Gasteiger partial charge in [-0.1, -0.05) is 25.3 Å². The van der Waals surface area contributed by atoms with E-state index in [0.29, 0.717) is 12.0 Å². The molecule has 1 aromatic rings. The molecule has 1 aromatic carbocycles. The lowest BCUT2D eigenvalue weighted by Gasteiger charge is -2.28. The summed E-state index contributed by atoms with van der Waals surface area (Å²) in [4.78, 5) is 0. The average Bonchev–Trinajstić information content (AvgIpc) is 2.16. The van der Waals surface area contributed by atoms with Crippen LogP contribution < -0.4 is 5.73 Å². The molecule has 2 N–H and O–H groups in total. The molecule has 0 aromatic heterocycles. The van der Waals surface area contributed by atoms with E-state index < -0.39 is 11.6 Å². The Morgan fingerprint density at radius 1 is 1.31 bits per heavy atom. The molecule has 1 unspecified atom stereocenters. The zero-order chi connectivity index (χ0) is 11.5. The first-order valence-electron chi connectivity index (χ1n) is 5.84. The summed E-state index contributed by atoms with van der Waals surface area (Å²) in [5, 5.41) is 0. The highest BCUT2D eigenvalue weighted by molar-refractivity contribution is 5.19. The fourth-order valence-corrected chi connectivity index (χ4v) is 2.21. The van der Waals surface area contributed by atoms with Gasteiger partial charge in [-0.15, -0.1) is 0 Å². The zero-order valence-corrected chi connectivity index (χ0v) is 9.26. The van der Waals surface area contributed by atoms with Crippen molar-refractivity contribution >= 4 is 0 Å². The van der Waals surface area contributed by atoms with Crippen LogP contribution in [0.25, 0.3) is 0 Å². The molecule has 2 rings (SSSR count). The van der Waals surface area contributed by atoms with Crippen molar-refractivity contribution in [2.75, 3.05) is 0 Å². The monoisotopic (exact) mass is 225 g/mol. The quantitative estimate of drug-likeness (QED) is 0.837. The minimum absolute atomic E-state index is 0.00902. The van der Waals surface area contributed by atoms with Crippen LogP contribution in [-0.4, -0.2) is 6.04 Å². The van der Waals surface area contributed by atoms with E-state index in [4.69, 9.17) is 5.73 Å². The van der Waals surface area contributed by atoms with Crippen LogP contribution in [0.5, 0.6) is 0 Å². The third-order valence-corrected chi connectivity index (χ3v) is 3.36. The number of rotatable bonds is 4. The number of hydrogen-bond donors (Lipinski definition) is 1. The predicted octanol–water partition coefficient (Wildman–Crippen LogP) is 3.02. The van der Waals surface area contributed by atoms with Crippen LogP contribution in [0.2, 0.25) is 0 Å². The summed E-state index contributed by atoms with van der Waals surface area (Å²) in [6.07, 6.45) is 5.25. The van der Waals surface area contributed by atoms with E-state index in [1.165, 1.54) is 31.4 Å². The molecule has 1 nitrogen and oxygen atoms in total. The molecule has 0 amide bonds. The Morgan fingerprint density at radius 2 is 2.06 bits per heavy atom. The van der Waals surface area contributed by atoms with E-state index in [1.54, 1.807) is 0 Å². The third-order valence-electron chi connectivity index (χ3n) is 3.36. The third kappa shape index (κ3) is 2.79. The summed E-state index contributed by atoms with van der Waals surface area (Å²) in [7, 11) is 0. The van der Waals surface area contributed by atoms with Gasteiger partial charge in [0.15, 0.2) is 0 Å². The molecule has 0 bridgehead atoms. The summed E-state index contributed by atoms with van der Waals surface area (Å²) in [5.41, 5.74) is 6.48. The molecule has 3 heteroatoms. The molecule has 0 radical (unpaired) electrons. The molecule has 1 aliphatic rings. The Labute approximate surface area is 94.7 Å². The van der Waals surface area contributed by atoms with Gasteiger partial charge in [-0.05, 0) is 30.4 Å². The highest BCUT2D eigenvalue weighted by atomic mass is 19.1. The van der Waals surface area contributed by atoms with Crippen molar-refractivity contribution in [3.8, 4) is 0 Å². The summed E-state index contributed by atoms with van der Waals surface area (Å²) in [5.74, 6) is -0.295. The van der Waals surface area contributed by atoms with Gasteiger partial charge in [-0.3, -0.25) is 0 Å². The molecule has 0 saturated heterocycles. The van der Waals surface area contributed by atoms with Gasteiger partial charge >= 0.3 is 0 Å². The lowest BCUT2D eigenvalue weighted by Crippen LogP contribution is -2.28. The standard InChI is InChI=1S/C13H17F2N/c14-11-5-4-10(13(15)8-11)7-12(16)6-9-2-1-3-9/h4-5,8-9,12H,1-3,6-7,16H2. The van der Waals surface area contributed by atoms with E-state index in [1.807, 2.05) is 0 Å². The van der Waals surface area contributed by atoms with Gasteiger partial charge in [0.25, 0.3) is 0 Å². The van der Waals surface area contributed by atoms with Gasteiger partial charge < -0.3 is 5.73 Å². The maximum absolute atomic E-state index is 13.3. The molecule has 88 valence electrons. The fourth-order valence-electron chi connectivity index (χ4n) is 2.21. The number of nitrogens with two attached hydrogens (primary N) is 1. The van der Waals surface area contributed by atoms with Crippen molar-refractivity contribution in [1.82, 2.24) is 0 Å². The van der Waals surface area contributed by atoms with Gasteiger partial charge in [0.1, 0.15) is 11.6 Å². The smallest absolute Gasteiger partial charge is 0.129 e. The van der Waals surface area contributed by atoms with E-state index in [2.05, 4.69) is 0 Å². The normalized spacial score (nSPS) is 18.2. The molecule has 0 heterocycles. The largest absolute Gasteiger partial charge is 0.327 e. The Morgan fingerprint density at radius 3 is 2.62 bits per heavy atom. The average molecular weight is 225 g/mol. The Hall–Kier alpha value is -0.960. The molecular weight excluding hydrogens is 208 g/mol. The van der Waals surface area contributed by atoms with Crippen molar-refractivity contribution in [3.05, 3.63) is 35.4 Å². The van der Waals surface area contributed by atoms with Gasteiger partial charge in [0.05, 0.1) is 0 Å². The van der Waals surface area contributed by atoms with E-state index in [-0.39, 0.29) is 6.04 Å². The highest BCUT2D eigenvalue weighted by Gasteiger charge is 2.20. The SMILES string of the molecule is NC(Cc1ccc(F)cc1F)CC1CCC1. The van der Waals surface area contributed by atoms with E-state index >= 15 is 0 Å². The van der Waals surface area contributed by atoms with E-state index in [9.17, 15) is 8.78 Å². The summed E-state index contributed by atoms with van der Waals surface area (Å²) in [6.45, 7) is 0. The summed E-state index contributed by atoms with van der Waals surface area (Å²) < 4.78 is 26.0. The fraction of sp³-hybridized carbons (Fsp3) is 0.538.